The minimum Gasteiger partial charge on any atom is -0.490 e. The van der Waals surface area contributed by atoms with Gasteiger partial charge < -0.3 is 24.8 Å². The molecule has 2 aromatic carbocycles. The molecule has 1 spiro atoms. The number of hydrogen-bond acceptors (Lipinski definition) is 12. The highest BCUT2D eigenvalue weighted by Crippen LogP contribution is 2.44. The number of carbonyl (C=O) groups excluding carboxylic acids is 5. The molecule has 1 aromatic heterocycles. The molecule has 6 aliphatic rings. The number of fused-ring (bicyclic) bond motifs is 1. The largest absolute Gasteiger partial charge is 0.490 e. The van der Waals surface area contributed by atoms with Crippen molar-refractivity contribution in [3.05, 3.63) is 76.1 Å². The summed E-state index contributed by atoms with van der Waals surface area (Å²) in [5.74, 6) is -0.205. The molecule has 0 radical (unpaired) electrons. The van der Waals surface area contributed by atoms with Gasteiger partial charge in [0.2, 0.25) is 17.8 Å². The van der Waals surface area contributed by atoms with Gasteiger partial charge in [-0.15, -0.1) is 0 Å². The molecule has 1 aliphatic carbocycles. The molecule has 2 N–H and O–H groups in total. The summed E-state index contributed by atoms with van der Waals surface area (Å²) in [4.78, 5) is 80.8. The highest BCUT2D eigenvalue weighted by Gasteiger charge is 2.47. The van der Waals surface area contributed by atoms with Crippen molar-refractivity contribution in [2.45, 2.75) is 82.4 Å². The third kappa shape index (κ3) is 8.02. The third-order valence-electron chi connectivity index (χ3n) is 13.4. The molecule has 9 rings (SSSR count). The van der Waals surface area contributed by atoms with Crippen molar-refractivity contribution in [3.8, 4) is 11.8 Å². The predicted octanol–water partition coefficient (Wildman–Crippen LogP) is 4.34. The van der Waals surface area contributed by atoms with E-state index in [0.717, 1.165) is 108 Å². The average molecular weight is 834 g/mol. The summed E-state index contributed by atoms with van der Waals surface area (Å²) in [6.07, 6.45) is 11.1. The van der Waals surface area contributed by atoms with Crippen LogP contribution in [0.5, 0.6) is 5.75 Å². The quantitative estimate of drug-likeness (QED) is 0.292. The summed E-state index contributed by atoms with van der Waals surface area (Å²) in [5, 5.41) is 14.9. The standard InChI is InChI=1S/C44H48ClN9O6/c45-36-20-33(5-1-28(36)21-46)60-32-6-2-30(3-7-32)49-39(56)29-22-47-43(48-23-29)52-15-11-27(12-16-52)24-51-17-13-44(14-18-51)25-53(26-44)31-4-8-34-35(19-31)42(59)54(41(34)58)37-9-10-38(55)50-40(37)57/h1,4-5,8,19-20,22-23,27,30,32,37H,2-3,6-7,9-18,24-26H2,(H,49,56)(H,50,55,57). The van der Waals surface area contributed by atoms with E-state index in [1.807, 2.05) is 6.07 Å². The van der Waals surface area contributed by atoms with Gasteiger partial charge in [0, 0.05) is 74.7 Å². The fourth-order valence-electron chi connectivity index (χ4n) is 9.86. The lowest BCUT2D eigenvalue weighted by molar-refractivity contribution is -0.136. The Morgan fingerprint density at radius 2 is 1.60 bits per heavy atom. The first kappa shape index (κ1) is 39.8. The number of nitrogens with zero attached hydrogens (tertiary/aromatic N) is 7. The average Bonchev–Trinajstić information content (AvgIpc) is 3.49. The zero-order valence-corrected chi connectivity index (χ0v) is 34.2. The van der Waals surface area contributed by atoms with Gasteiger partial charge in [0.1, 0.15) is 17.9 Å². The Morgan fingerprint density at radius 1 is 0.883 bits per heavy atom. The van der Waals surface area contributed by atoms with E-state index in [1.54, 1.807) is 42.7 Å². The summed E-state index contributed by atoms with van der Waals surface area (Å²) in [7, 11) is 0. The van der Waals surface area contributed by atoms with Crippen molar-refractivity contribution in [2.24, 2.45) is 11.3 Å². The maximum absolute atomic E-state index is 13.3. The molecule has 5 aliphatic heterocycles. The monoisotopic (exact) mass is 833 g/mol. The van der Waals surface area contributed by atoms with Crippen LogP contribution in [0.4, 0.5) is 11.6 Å². The van der Waals surface area contributed by atoms with Gasteiger partial charge in [-0.3, -0.25) is 34.2 Å². The number of anilines is 2. The molecule has 3 aromatic rings. The smallest absolute Gasteiger partial charge is 0.262 e. The molecule has 1 atom stereocenters. The summed E-state index contributed by atoms with van der Waals surface area (Å²) < 4.78 is 6.09. The lowest BCUT2D eigenvalue weighted by Gasteiger charge is -2.55. The van der Waals surface area contributed by atoms with Crippen LogP contribution in [0.15, 0.2) is 48.8 Å². The molecule has 1 unspecified atom stereocenters. The Kier molecular flexibility index (Phi) is 10.9. The molecule has 0 bridgehead atoms. The summed E-state index contributed by atoms with van der Waals surface area (Å²) in [5.41, 5.74) is 2.66. The van der Waals surface area contributed by atoms with Crippen LogP contribution in [0.2, 0.25) is 5.02 Å². The second-order valence-corrected chi connectivity index (χ2v) is 17.8. The number of carbonyl (C=O) groups is 5. The molecule has 5 amide bonds. The van der Waals surface area contributed by atoms with Crippen LogP contribution in [0, 0.1) is 22.7 Å². The van der Waals surface area contributed by atoms with Crippen molar-refractivity contribution in [3.63, 3.8) is 0 Å². The molecule has 4 saturated heterocycles. The number of imide groups is 2. The SMILES string of the molecule is N#Cc1ccc(OC2CCC(NC(=O)c3cnc(N4CCC(CN5CCC6(CC5)CN(c5ccc7c(c5)C(=O)N(C5CCC(=O)NC5=O)C7=O)C6)CC4)nc3)CC2)cc1Cl. The topological polar surface area (TPSA) is 181 Å². The molecule has 6 heterocycles. The van der Waals surface area contributed by atoms with E-state index in [9.17, 15) is 24.0 Å². The Balaban J connectivity index is 0.683. The molecule has 15 nitrogen and oxygen atoms in total. The van der Waals surface area contributed by atoms with E-state index >= 15 is 0 Å². The van der Waals surface area contributed by atoms with E-state index in [2.05, 4.69) is 41.4 Å². The van der Waals surface area contributed by atoms with Gasteiger partial charge in [-0.05, 0) is 107 Å². The number of likely N-dealkylation sites (tertiary alicyclic amines) is 1. The van der Waals surface area contributed by atoms with Crippen LogP contribution in [0.3, 0.4) is 0 Å². The van der Waals surface area contributed by atoms with Gasteiger partial charge in [0.05, 0.1) is 33.4 Å². The van der Waals surface area contributed by atoms with Gasteiger partial charge in [0.15, 0.2) is 0 Å². The molecule has 60 heavy (non-hydrogen) atoms. The van der Waals surface area contributed by atoms with Gasteiger partial charge >= 0.3 is 0 Å². The van der Waals surface area contributed by atoms with Crippen molar-refractivity contribution >= 4 is 52.8 Å². The van der Waals surface area contributed by atoms with Crippen molar-refractivity contribution < 1.29 is 28.7 Å². The molecular weight excluding hydrogens is 786 g/mol. The van der Waals surface area contributed by atoms with Gasteiger partial charge in [-0.25, -0.2) is 9.97 Å². The lowest BCUT2D eigenvalue weighted by Crippen LogP contribution is -2.60. The van der Waals surface area contributed by atoms with Crippen LogP contribution in [0.1, 0.15) is 101 Å². The number of nitriles is 1. The zero-order chi connectivity index (χ0) is 41.5. The molecular formula is C44H48ClN9O6. The van der Waals surface area contributed by atoms with Crippen LogP contribution in [0.25, 0.3) is 0 Å². The first-order valence-electron chi connectivity index (χ1n) is 21.1. The normalized spacial score (nSPS) is 24.5. The number of benzene rings is 2. The Morgan fingerprint density at radius 3 is 2.28 bits per heavy atom. The van der Waals surface area contributed by atoms with Crippen molar-refractivity contribution in [2.75, 3.05) is 55.6 Å². The summed E-state index contributed by atoms with van der Waals surface area (Å²) in [6.45, 7) is 6.77. The third-order valence-corrected chi connectivity index (χ3v) is 13.8. The number of hydrogen-bond donors (Lipinski definition) is 2. The zero-order valence-electron chi connectivity index (χ0n) is 33.4. The predicted molar refractivity (Wildman–Crippen MR) is 221 cm³/mol. The van der Waals surface area contributed by atoms with Gasteiger partial charge in [0.25, 0.3) is 17.7 Å². The van der Waals surface area contributed by atoms with Crippen LogP contribution >= 0.6 is 11.6 Å². The number of aromatic nitrogens is 2. The van der Waals surface area contributed by atoms with Crippen LogP contribution in [-0.2, 0) is 9.59 Å². The van der Waals surface area contributed by atoms with Crippen LogP contribution < -0.4 is 25.2 Å². The number of ether oxygens (including phenoxy) is 1. The highest BCUT2D eigenvalue weighted by atomic mass is 35.5. The van der Waals surface area contributed by atoms with E-state index in [1.165, 1.54) is 0 Å². The molecule has 5 fully saturated rings. The Bertz CT molecular complexity index is 2230. The van der Waals surface area contributed by atoms with Gasteiger partial charge in [-0.2, -0.15) is 5.26 Å². The van der Waals surface area contributed by atoms with E-state index in [4.69, 9.17) is 21.6 Å². The Hall–Kier alpha value is -5.59. The minimum absolute atomic E-state index is 0.0278. The highest BCUT2D eigenvalue weighted by molar-refractivity contribution is 6.31. The van der Waals surface area contributed by atoms with Crippen LogP contribution in [-0.4, -0.2) is 113 Å². The number of amides is 5. The molecule has 312 valence electrons. The summed E-state index contributed by atoms with van der Waals surface area (Å²) >= 11 is 6.15. The second kappa shape index (κ2) is 16.5. The first-order chi connectivity index (χ1) is 29.0. The van der Waals surface area contributed by atoms with E-state index < -0.39 is 23.8 Å². The molecule has 1 saturated carbocycles. The fraction of sp³-hybridized carbons (Fsp3) is 0.500. The van der Waals surface area contributed by atoms with Crippen molar-refractivity contribution in [1.29, 1.82) is 5.26 Å². The first-order valence-corrected chi connectivity index (χ1v) is 21.5. The van der Waals surface area contributed by atoms with Crippen molar-refractivity contribution in [1.82, 2.24) is 30.4 Å². The number of rotatable bonds is 9. The number of piperidine rings is 3. The Labute approximate surface area is 353 Å². The fourth-order valence-corrected chi connectivity index (χ4v) is 10.1. The second-order valence-electron chi connectivity index (χ2n) is 17.4. The lowest BCUT2D eigenvalue weighted by atomic mass is 9.71. The minimum atomic E-state index is -0.966. The summed E-state index contributed by atoms with van der Waals surface area (Å²) in [6, 6.07) is 11.6. The van der Waals surface area contributed by atoms with E-state index in [-0.39, 0.29) is 42.2 Å². The van der Waals surface area contributed by atoms with Gasteiger partial charge in [-0.1, -0.05) is 11.6 Å². The van der Waals surface area contributed by atoms with E-state index in [0.29, 0.717) is 44.9 Å². The maximum atomic E-state index is 13.3. The molecule has 16 heteroatoms. The maximum Gasteiger partial charge on any atom is 0.262 e. The number of halogens is 1. The number of nitrogens with one attached hydrogen (secondary N) is 2.